The van der Waals surface area contributed by atoms with Crippen molar-refractivity contribution in [2.24, 2.45) is 0 Å². The fourth-order valence-corrected chi connectivity index (χ4v) is 4.72. The van der Waals surface area contributed by atoms with Crippen LogP contribution in [0.4, 0.5) is 5.69 Å². The third-order valence-corrected chi connectivity index (χ3v) is 6.16. The monoisotopic (exact) mass is 454 g/mol. The van der Waals surface area contributed by atoms with E-state index in [1.165, 1.54) is 13.2 Å². The van der Waals surface area contributed by atoms with E-state index in [1.807, 2.05) is 25.1 Å². The number of nitrogens with zero attached hydrogens (tertiary/aromatic N) is 1. The van der Waals surface area contributed by atoms with Crippen LogP contribution in [-0.2, 0) is 14.8 Å². The summed E-state index contributed by atoms with van der Waals surface area (Å²) in [5, 5.41) is 3.15. The van der Waals surface area contributed by atoms with E-state index in [2.05, 4.69) is 5.32 Å². The van der Waals surface area contributed by atoms with Crippen molar-refractivity contribution in [3.8, 4) is 11.5 Å². The molecule has 30 heavy (non-hydrogen) atoms. The Labute approximate surface area is 183 Å². The number of rotatable bonds is 9. The highest BCUT2D eigenvalue weighted by molar-refractivity contribution is 7.92. The molecule has 164 valence electrons. The van der Waals surface area contributed by atoms with E-state index in [1.54, 1.807) is 32.2 Å². The number of methoxy groups -OCH3 is 2. The number of ether oxygens (including phenoxy) is 2. The van der Waals surface area contributed by atoms with E-state index in [-0.39, 0.29) is 23.2 Å². The molecule has 0 aliphatic rings. The Hall–Kier alpha value is -2.45. The highest BCUT2D eigenvalue weighted by atomic mass is 35.5. The van der Waals surface area contributed by atoms with Gasteiger partial charge in [0.25, 0.3) is 0 Å². The second kappa shape index (κ2) is 10.0. The normalized spacial score (nSPS) is 13.3. The van der Waals surface area contributed by atoms with Crippen molar-refractivity contribution >= 4 is 33.2 Å². The molecule has 0 spiro atoms. The van der Waals surface area contributed by atoms with Crippen LogP contribution in [0.3, 0.4) is 0 Å². The molecular weight excluding hydrogens is 428 g/mol. The van der Waals surface area contributed by atoms with Gasteiger partial charge >= 0.3 is 0 Å². The summed E-state index contributed by atoms with van der Waals surface area (Å²) >= 11 is 6.19. The molecule has 0 aliphatic carbocycles. The standard InChI is InChI=1S/C21H27ClN2O5S/c1-6-18(21(25)23-14(2)16-9-7-8-10-19(16)28-3)24(30(5,26)27)15-11-12-20(29-4)17(22)13-15/h7-14,18H,6H2,1-5H3,(H,23,25)/t14-,18-/m1/s1. The number of para-hydroxylation sites is 1. The number of halogens is 1. The van der Waals surface area contributed by atoms with Gasteiger partial charge in [-0.25, -0.2) is 8.42 Å². The molecule has 0 saturated carbocycles. The second-order valence-corrected chi connectivity index (χ2v) is 9.04. The number of carbonyl (C=O) groups excluding carboxylic acids is 1. The summed E-state index contributed by atoms with van der Waals surface area (Å²) in [6.45, 7) is 3.57. The molecular formula is C21H27ClN2O5S. The average Bonchev–Trinajstić information content (AvgIpc) is 2.70. The number of nitrogens with one attached hydrogen (secondary N) is 1. The molecule has 1 amide bonds. The minimum absolute atomic E-state index is 0.251. The summed E-state index contributed by atoms with van der Waals surface area (Å²) in [7, 11) is -0.750. The summed E-state index contributed by atoms with van der Waals surface area (Å²) in [6, 6.07) is 10.6. The lowest BCUT2D eigenvalue weighted by Gasteiger charge is -2.31. The second-order valence-electron chi connectivity index (χ2n) is 6.77. The molecule has 2 atom stereocenters. The molecule has 0 unspecified atom stereocenters. The van der Waals surface area contributed by atoms with Gasteiger partial charge in [-0.05, 0) is 37.6 Å². The Morgan fingerprint density at radius 1 is 1.13 bits per heavy atom. The Morgan fingerprint density at radius 2 is 1.77 bits per heavy atom. The van der Waals surface area contributed by atoms with Crippen LogP contribution in [0.1, 0.15) is 31.9 Å². The highest BCUT2D eigenvalue weighted by Gasteiger charge is 2.32. The lowest BCUT2D eigenvalue weighted by atomic mass is 10.1. The molecule has 2 aromatic carbocycles. The van der Waals surface area contributed by atoms with Crippen LogP contribution in [0.25, 0.3) is 0 Å². The van der Waals surface area contributed by atoms with Crippen LogP contribution in [0.5, 0.6) is 11.5 Å². The van der Waals surface area contributed by atoms with Gasteiger partial charge in [-0.15, -0.1) is 0 Å². The Morgan fingerprint density at radius 3 is 2.30 bits per heavy atom. The van der Waals surface area contributed by atoms with Crippen molar-refractivity contribution in [2.75, 3.05) is 24.8 Å². The minimum Gasteiger partial charge on any atom is -0.496 e. The van der Waals surface area contributed by atoms with E-state index in [0.717, 1.165) is 16.1 Å². The third kappa shape index (κ3) is 5.37. The van der Waals surface area contributed by atoms with Gasteiger partial charge in [-0.1, -0.05) is 36.7 Å². The van der Waals surface area contributed by atoms with Crippen molar-refractivity contribution in [2.45, 2.75) is 32.4 Å². The number of carbonyl (C=O) groups is 1. The summed E-state index contributed by atoms with van der Waals surface area (Å²) in [5.41, 5.74) is 1.08. The molecule has 0 heterocycles. The minimum atomic E-state index is -3.78. The van der Waals surface area contributed by atoms with Crippen LogP contribution >= 0.6 is 11.6 Å². The predicted molar refractivity (Wildman–Crippen MR) is 119 cm³/mol. The van der Waals surface area contributed by atoms with Gasteiger partial charge < -0.3 is 14.8 Å². The topological polar surface area (TPSA) is 84.9 Å². The summed E-state index contributed by atoms with van der Waals surface area (Å²) < 4.78 is 36.8. The van der Waals surface area contributed by atoms with Crippen molar-refractivity contribution in [3.63, 3.8) is 0 Å². The fraction of sp³-hybridized carbons (Fsp3) is 0.381. The van der Waals surface area contributed by atoms with Gasteiger partial charge in [0.1, 0.15) is 17.5 Å². The number of sulfonamides is 1. The van der Waals surface area contributed by atoms with Gasteiger partial charge in [-0.3, -0.25) is 9.10 Å². The van der Waals surface area contributed by atoms with Gasteiger partial charge in [-0.2, -0.15) is 0 Å². The van der Waals surface area contributed by atoms with Crippen LogP contribution in [0, 0.1) is 0 Å². The first-order valence-corrected chi connectivity index (χ1v) is 11.6. The zero-order valence-corrected chi connectivity index (χ0v) is 19.3. The van der Waals surface area contributed by atoms with Crippen LogP contribution in [0.2, 0.25) is 5.02 Å². The molecule has 0 saturated heterocycles. The van der Waals surface area contributed by atoms with E-state index < -0.39 is 22.0 Å². The number of amides is 1. The van der Waals surface area contributed by atoms with E-state index in [4.69, 9.17) is 21.1 Å². The first-order chi connectivity index (χ1) is 14.1. The van der Waals surface area contributed by atoms with Crippen molar-refractivity contribution in [1.29, 1.82) is 0 Å². The molecule has 0 aromatic heterocycles. The largest absolute Gasteiger partial charge is 0.496 e. The zero-order valence-electron chi connectivity index (χ0n) is 17.7. The van der Waals surface area contributed by atoms with E-state index in [0.29, 0.717) is 11.5 Å². The molecule has 2 aromatic rings. The number of benzene rings is 2. The first-order valence-electron chi connectivity index (χ1n) is 9.40. The van der Waals surface area contributed by atoms with Crippen LogP contribution < -0.4 is 19.1 Å². The van der Waals surface area contributed by atoms with Crippen LogP contribution in [0.15, 0.2) is 42.5 Å². The van der Waals surface area contributed by atoms with Gasteiger partial charge in [0.15, 0.2) is 0 Å². The summed E-state index contributed by atoms with van der Waals surface area (Å²) in [5.74, 6) is 0.629. The SMILES string of the molecule is CC[C@H](C(=O)N[C@H](C)c1ccccc1OC)N(c1ccc(OC)c(Cl)c1)S(C)(=O)=O. The lowest BCUT2D eigenvalue weighted by molar-refractivity contribution is -0.122. The summed E-state index contributed by atoms with van der Waals surface area (Å²) in [4.78, 5) is 13.1. The summed E-state index contributed by atoms with van der Waals surface area (Å²) in [6.07, 6.45) is 1.33. The van der Waals surface area contributed by atoms with Gasteiger partial charge in [0.2, 0.25) is 15.9 Å². The molecule has 1 N–H and O–H groups in total. The molecule has 0 aliphatic heterocycles. The molecule has 7 nitrogen and oxygen atoms in total. The van der Waals surface area contributed by atoms with Crippen LogP contribution in [-0.4, -0.2) is 40.8 Å². The Bertz CT molecular complexity index is 997. The average molecular weight is 455 g/mol. The van der Waals surface area contributed by atoms with Crippen molar-refractivity contribution in [1.82, 2.24) is 5.32 Å². The molecule has 0 radical (unpaired) electrons. The van der Waals surface area contributed by atoms with Gasteiger partial charge in [0.05, 0.1) is 37.2 Å². The maximum absolute atomic E-state index is 13.1. The fourth-order valence-electron chi connectivity index (χ4n) is 3.26. The molecule has 0 fully saturated rings. The molecule has 2 rings (SSSR count). The van der Waals surface area contributed by atoms with Crippen molar-refractivity contribution < 1.29 is 22.7 Å². The van der Waals surface area contributed by atoms with Gasteiger partial charge in [0, 0.05) is 5.56 Å². The maximum Gasteiger partial charge on any atom is 0.244 e. The molecule has 0 bridgehead atoms. The molecule has 9 heteroatoms. The number of hydrogen-bond donors (Lipinski definition) is 1. The smallest absolute Gasteiger partial charge is 0.244 e. The lowest BCUT2D eigenvalue weighted by Crippen LogP contribution is -2.49. The van der Waals surface area contributed by atoms with E-state index in [9.17, 15) is 13.2 Å². The van der Waals surface area contributed by atoms with Crippen molar-refractivity contribution in [3.05, 3.63) is 53.1 Å². The zero-order chi connectivity index (χ0) is 22.5. The third-order valence-electron chi connectivity index (χ3n) is 4.68. The maximum atomic E-state index is 13.1. The number of hydrogen-bond acceptors (Lipinski definition) is 5. The predicted octanol–water partition coefficient (Wildman–Crippen LogP) is 3.78. The Balaban J connectivity index is 2.37. The first kappa shape index (κ1) is 23.8. The number of anilines is 1. The Kier molecular flexibility index (Phi) is 7.97. The van der Waals surface area contributed by atoms with E-state index >= 15 is 0 Å². The highest BCUT2D eigenvalue weighted by Crippen LogP contribution is 2.32. The quantitative estimate of drug-likeness (QED) is 0.623.